The first-order chi connectivity index (χ1) is 9.22. The summed E-state index contributed by atoms with van der Waals surface area (Å²) in [6, 6.07) is 1.72. The van der Waals surface area contributed by atoms with Gasteiger partial charge in [0.2, 0.25) is 5.88 Å². The highest BCUT2D eigenvalue weighted by Gasteiger charge is 2.06. The molecule has 3 heterocycles. The summed E-state index contributed by atoms with van der Waals surface area (Å²) >= 11 is 5.91. The van der Waals surface area contributed by atoms with E-state index in [1.54, 1.807) is 25.5 Å². The lowest BCUT2D eigenvalue weighted by Crippen LogP contribution is -1.99. The number of oxazole rings is 1. The number of fused-ring (bicyclic) bond motifs is 1. The van der Waals surface area contributed by atoms with Crippen LogP contribution in [0.4, 0.5) is 0 Å². The van der Waals surface area contributed by atoms with E-state index in [-0.39, 0.29) is 6.61 Å². The van der Waals surface area contributed by atoms with E-state index in [1.165, 1.54) is 6.20 Å². The molecule has 0 N–H and O–H groups in total. The maximum Gasteiger partial charge on any atom is 0.233 e. The summed E-state index contributed by atoms with van der Waals surface area (Å²) in [5, 5.41) is 0.323. The molecule has 0 aromatic carbocycles. The number of hydrogen-bond donors (Lipinski definition) is 0. The molecule has 0 fully saturated rings. The Morgan fingerprint density at radius 2 is 2.21 bits per heavy atom. The Hall–Kier alpha value is -2.21. The lowest BCUT2D eigenvalue weighted by Gasteiger charge is -2.04. The molecule has 19 heavy (non-hydrogen) atoms. The minimum Gasteiger partial charge on any atom is -0.470 e. The zero-order valence-corrected chi connectivity index (χ0v) is 10.8. The van der Waals surface area contributed by atoms with Crippen LogP contribution in [0.3, 0.4) is 0 Å². The summed E-state index contributed by atoms with van der Waals surface area (Å²) in [5.74, 6) is 0.997. The van der Waals surface area contributed by atoms with Crippen molar-refractivity contribution in [2.24, 2.45) is 0 Å². The van der Waals surface area contributed by atoms with Gasteiger partial charge in [-0.2, -0.15) is 0 Å². The average molecular weight is 277 g/mol. The molecule has 0 atom stereocenters. The first kappa shape index (κ1) is 11.9. The number of aryl methyl sites for hydroxylation is 1. The van der Waals surface area contributed by atoms with Crippen molar-refractivity contribution in [2.45, 2.75) is 13.5 Å². The summed E-state index contributed by atoms with van der Waals surface area (Å²) in [7, 11) is 0. The van der Waals surface area contributed by atoms with Gasteiger partial charge < -0.3 is 9.15 Å². The summed E-state index contributed by atoms with van der Waals surface area (Å²) in [4.78, 5) is 16.5. The van der Waals surface area contributed by atoms with Crippen molar-refractivity contribution in [3.8, 4) is 5.88 Å². The van der Waals surface area contributed by atoms with E-state index in [0.717, 1.165) is 0 Å². The summed E-state index contributed by atoms with van der Waals surface area (Å²) < 4.78 is 10.6. The van der Waals surface area contributed by atoms with Gasteiger partial charge in [-0.05, 0) is 6.07 Å². The Morgan fingerprint density at radius 3 is 3.00 bits per heavy atom. The average Bonchev–Trinajstić information content (AvgIpc) is 2.82. The van der Waals surface area contributed by atoms with Gasteiger partial charge in [-0.25, -0.2) is 19.9 Å². The van der Waals surface area contributed by atoms with E-state index in [9.17, 15) is 0 Å². The second-order valence-corrected chi connectivity index (χ2v) is 4.18. The van der Waals surface area contributed by atoms with Gasteiger partial charge in [-0.1, -0.05) is 11.6 Å². The van der Waals surface area contributed by atoms with E-state index < -0.39 is 0 Å². The third-order valence-electron chi connectivity index (χ3n) is 2.43. The Kier molecular flexibility index (Phi) is 3.00. The maximum absolute atomic E-state index is 5.91. The fourth-order valence-corrected chi connectivity index (χ4v) is 1.79. The van der Waals surface area contributed by atoms with Crippen LogP contribution >= 0.6 is 11.6 Å². The lowest BCUT2D eigenvalue weighted by molar-refractivity contribution is 0.289. The van der Waals surface area contributed by atoms with Crippen molar-refractivity contribution in [3.63, 3.8) is 0 Å². The standard InChI is InChI=1S/C12H9ClN4O2/c1-7-16-8(5-18-7)6-19-10-4-15-11-9(17-10)2-3-14-12(11)13/h2-5H,6H2,1H3. The molecule has 0 aliphatic heterocycles. The first-order valence-electron chi connectivity index (χ1n) is 5.53. The highest BCUT2D eigenvalue weighted by Crippen LogP contribution is 2.19. The van der Waals surface area contributed by atoms with Gasteiger partial charge in [-0.3, -0.25) is 0 Å². The molecule has 7 heteroatoms. The zero-order chi connectivity index (χ0) is 13.2. The van der Waals surface area contributed by atoms with Gasteiger partial charge in [0, 0.05) is 13.1 Å². The molecule has 6 nitrogen and oxygen atoms in total. The summed E-state index contributed by atoms with van der Waals surface area (Å²) in [5.41, 5.74) is 1.88. The second kappa shape index (κ2) is 4.81. The van der Waals surface area contributed by atoms with E-state index in [0.29, 0.717) is 33.7 Å². The minimum atomic E-state index is 0.274. The molecule has 3 aromatic rings. The lowest BCUT2D eigenvalue weighted by atomic mass is 10.4. The van der Waals surface area contributed by atoms with E-state index in [4.69, 9.17) is 20.8 Å². The maximum atomic E-state index is 5.91. The third kappa shape index (κ3) is 2.48. The molecule has 3 rings (SSSR count). The van der Waals surface area contributed by atoms with Crippen LogP contribution in [0.2, 0.25) is 5.15 Å². The molecule has 0 radical (unpaired) electrons. The molecular weight excluding hydrogens is 268 g/mol. The molecule has 0 aliphatic carbocycles. The van der Waals surface area contributed by atoms with Crippen molar-refractivity contribution in [1.29, 1.82) is 0 Å². The fraction of sp³-hybridized carbons (Fsp3) is 0.167. The minimum absolute atomic E-state index is 0.274. The van der Waals surface area contributed by atoms with Crippen LogP contribution in [0, 0.1) is 6.92 Å². The molecule has 0 saturated heterocycles. The predicted octanol–water partition coefficient (Wildman–Crippen LogP) is 2.55. The Bertz CT molecular complexity index is 729. The number of nitrogens with zero attached hydrogens (tertiary/aromatic N) is 4. The predicted molar refractivity (Wildman–Crippen MR) is 67.9 cm³/mol. The van der Waals surface area contributed by atoms with Crippen LogP contribution in [-0.4, -0.2) is 19.9 Å². The van der Waals surface area contributed by atoms with Crippen molar-refractivity contribution in [3.05, 3.63) is 41.5 Å². The Morgan fingerprint density at radius 1 is 1.32 bits per heavy atom. The quantitative estimate of drug-likeness (QED) is 0.685. The summed E-state index contributed by atoms with van der Waals surface area (Å²) in [6.07, 6.45) is 4.62. The number of pyridine rings is 1. The van der Waals surface area contributed by atoms with Crippen LogP contribution in [-0.2, 0) is 6.61 Å². The first-order valence-corrected chi connectivity index (χ1v) is 5.91. The third-order valence-corrected chi connectivity index (χ3v) is 2.70. The number of rotatable bonds is 3. The van der Waals surface area contributed by atoms with Crippen LogP contribution in [0.5, 0.6) is 5.88 Å². The van der Waals surface area contributed by atoms with Gasteiger partial charge >= 0.3 is 0 Å². The smallest absolute Gasteiger partial charge is 0.233 e. The van der Waals surface area contributed by atoms with Gasteiger partial charge in [0.15, 0.2) is 11.0 Å². The van der Waals surface area contributed by atoms with Crippen molar-refractivity contribution in [1.82, 2.24) is 19.9 Å². The zero-order valence-electron chi connectivity index (χ0n) is 10.00. The molecular formula is C12H9ClN4O2. The highest BCUT2D eigenvalue weighted by atomic mass is 35.5. The van der Waals surface area contributed by atoms with E-state index in [1.807, 2.05) is 0 Å². The monoisotopic (exact) mass is 276 g/mol. The van der Waals surface area contributed by atoms with Crippen LogP contribution in [0.25, 0.3) is 11.0 Å². The molecule has 0 aliphatic rings. The van der Waals surface area contributed by atoms with Crippen molar-refractivity contribution >= 4 is 22.6 Å². The topological polar surface area (TPSA) is 73.9 Å². The highest BCUT2D eigenvalue weighted by molar-refractivity contribution is 6.33. The van der Waals surface area contributed by atoms with Gasteiger partial charge in [0.05, 0.1) is 11.7 Å². The van der Waals surface area contributed by atoms with E-state index >= 15 is 0 Å². The normalized spacial score (nSPS) is 10.8. The SMILES string of the molecule is Cc1nc(COc2cnc3c(Cl)nccc3n2)co1. The Balaban J connectivity index is 1.82. The van der Waals surface area contributed by atoms with E-state index in [2.05, 4.69) is 19.9 Å². The number of hydrogen-bond acceptors (Lipinski definition) is 6. The molecule has 3 aromatic heterocycles. The molecule has 0 bridgehead atoms. The fourth-order valence-electron chi connectivity index (χ4n) is 1.59. The molecule has 0 unspecified atom stereocenters. The molecule has 0 saturated carbocycles. The number of ether oxygens (including phenoxy) is 1. The van der Waals surface area contributed by atoms with Gasteiger partial charge in [0.1, 0.15) is 24.1 Å². The van der Waals surface area contributed by atoms with Crippen molar-refractivity contribution < 1.29 is 9.15 Å². The van der Waals surface area contributed by atoms with Crippen LogP contribution < -0.4 is 4.74 Å². The molecule has 0 spiro atoms. The van der Waals surface area contributed by atoms with Crippen molar-refractivity contribution in [2.75, 3.05) is 0 Å². The van der Waals surface area contributed by atoms with Crippen LogP contribution in [0.1, 0.15) is 11.6 Å². The van der Waals surface area contributed by atoms with Crippen LogP contribution in [0.15, 0.2) is 29.1 Å². The molecule has 96 valence electrons. The number of aromatic nitrogens is 4. The number of halogens is 1. The molecule has 0 amide bonds. The largest absolute Gasteiger partial charge is 0.470 e. The second-order valence-electron chi connectivity index (χ2n) is 3.82. The van der Waals surface area contributed by atoms with Gasteiger partial charge in [0.25, 0.3) is 0 Å². The Labute approximate surface area is 113 Å². The summed E-state index contributed by atoms with van der Waals surface area (Å²) in [6.45, 7) is 2.05. The van der Waals surface area contributed by atoms with Gasteiger partial charge in [-0.15, -0.1) is 0 Å².